The van der Waals surface area contributed by atoms with Crippen LogP contribution in [-0.4, -0.2) is 49.0 Å². The maximum Gasteiger partial charge on any atom is 0.243 e. The van der Waals surface area contributed by atoms with Crippen molar-refractivity contribution >= 4 is 10.0 Å². The number of hydrogen-bond acceptors (Lipinski definition) is 5. The summed E-state index contributed by atoms with van der Waals surface area (Å²) < 4.78 is 33.0. The van der Waals surface area contributed by atoms with Crippen molar-refractivity contribution in [2.45, 2.75) is 39.1 Å². The molecule has 1 fully saturated rings. The van der Waals surface area contributed by atoms with Gasteiger partial charge in [-0.05, 0) is 38.8 Å². The minimum atomic E-state index is -3.46. The average Bonchev–Trinajstić information content (AvgIpc) is 2.91. The van der Waals surface area contributed by atoms with E-state index in [4.69, 9.17) is 4.52 Å². The quantitative estimate of drug-likeness (QED) is 0.835. The first-order valence-electron chi connectivity index (χ1n) is 8.50. The van der Waals surface area contributed by atoms with Gasteiger partial charge in [-0.2, -0.15) is 4.31 Å². The van der Waals surface area contributed by atoms with E-state index < -0.39 is 10.0 Å². The highest BCUT2D eigenvalue weighted by Crippen LogP contribution is 2.26. The number of sulfonamides is 1. The van der Waals surface area contributed by atoms with Crippen LogP contribution < -0.4 is 0 Å². The second kappa shape index (κ2) is 6.90. The molecule has 0 amide bonds. The SMILES string of the molecule is Cc1cc(C)c(S(=O)(=O)N2CCN(Cc3cc(C)no3)CC2)c(C)c1. The van der Waals surface area contributed by atoms with E-state index in [2.05, 4.69) is 10.1 Å². The summed E-state index contributed by atoms with van der Waals surface area (Å²) in [6.07, 6.45) is 0. The van der Waals surface area contributed by atoms with E-state index >= 15 is 0 Å². The van der Waals surface area contributed by atoms with Crippen LogP contribution in [-0.2, 0) is 16.6 Å². The number of rotatable bonds is 4. The predicted octanol–water partition coefficient (Wildman–Crippen LogP) is 2.41. The third-order valence-electron chi connectivity index (χ3n) is 4.59. The van der Waals surface area contributed by atoms with Gasteiger partial charge in [-0.1, -0.05) is 22.9 Å². The summed E-state index contributed by atoms with van der Waals surface area (Å²) in [5, 5.41) is 3.89. The summed E-state index contributed by atoms with van der Waals surface area (Å²) in [7, 11) is -3.46. The summed E-state index contributed by atoms with van der Waals surface area (Å²) in [6, 6.07) is 5.78. The van der Waals surface area contributed by atoms with E-state index in [0.717, 1.165) is 28.1 Å². The van der Waals surface area contributed by atoms with Crippen LogP contribution >= 0.6 is 0 Å². The van der Waals surface area contributed by atoms with Crippen LogP contribution in [0.3, 0.4) is 0 Å². The molecule has 1 aliphatic heterocycles. The summed E-state index contributed by atoms with van der Waals surface area (Å²) in [5.74, 6) is 0.819. The molecule has 25 heavy (non-hydrogen) atoms. The molecular formula is C18H25N3O3S. The zero-order valence-corrected chi connectivity index (χ0v) is 16.1. The molecule has 0 spiro atoms. The Morgan fingerprint density at radius 2 is 1.60 bits per heavy atom. The van der Waals surface area contributed by atoms with Gasteiger partial charge in [0.1, 0.15) is 0 Å². The number of aromatic nitrogens is 1. The lowest BCUT2D eigenvalue weighted by Crippen LogP contribution is -2.48. The smallest absolute Gasteiger partial charge is 0.243 e. The largest absolute Gasteiger partial charge is 0.360 e. The van der Waals surface area contributed by atoms with Gasteiger partial charge in [0.15, 0.2) is 5.76 Å². The fourth-order valence-corrected chi connectivity index (χ4v) is 5.38. The van der Waals surface area contributed by atoms with Crippen molar-refractivity contribution in [2.75, 3.05) is 26.2 Å². The molecule has 0 saturated carbocycles. The highest BCUT2D eigenvalue weighted by molar-refractivity contribution is 7.89. The second-order valence-electron chi connectivity index (χ2n) is 6.84. The molecule has 2 heterocycles. The number of benzene rings is 1. The monoisotopic (exact) mass is 363 g/mol. The van der Waals surface area contributed by atoms with Crippen LogP contribution in [0.1, 0.15) is 28.1 Å². The van der Waals surface area contributed by atoms with Crippen LogP contribution in [0.4, 0.5) is 0 Å². The molecule has 3 rings (SSSR count). The third-order valence-corrected chi connectivity index (χ3v) is 6.79. The Kier molecular flexibility index (Phi) is 4.99. The van der Waals surface area contributed by atoms with Crippen molar-refractivity contribution in [3.8, 4) is 0 Å². The highest BCUT2D eigenvalue weighted by atomic mass is 32.2. The lowest BCUT2D eigenvalue weighted by atomic mass is 10.1. The molecule has 0 unspecified atom stereocenters. The summed E-state index contributed by atoms with van der Waals surface area (Å²) in [6.45, 7) is 10.6. The number of aryl methyl sites for hydroxylation is 4. The molecule has 0 aliphatic carbocycles. The van der Waals surface area contributed by atoms with Gasteiger partial charge in [0.05, 0.1) is 17.1 Å². The minimum Gasteiger partial charge on any atom is -0.360 e. The Bertz CT molecular complexity index is 842. The lowest BCUT2D eigenvalue weighted by Gasteiger charge is -2.34. The topological polar surface area (TPSA) is 66.7 Å². The van der Waals surface area contributed by atoms with E-state index in [1.807, 2.05) is 45.9 Å². The molecule has 2 aromatic rings. The van der Waals surface area contributed by atoms with Gasteiger partial charge in [0.25, 0.3) is 0 Å². The van der Waals surface area contributed by atoms with Gasteiger partial charge in [0, 0.05) is 32.2 Å². The number of hydrogen-bond donors (Lipinski definition) is 0. The maximum absolute atomic E-state index is 13.1. The lowest BCUT2D eigenvalue weighted by molar-refractivity contribution is 0.166. The molecule has 6 nitrogen and oxygen atoms in total. The van der Waals surface area contributed by atoms with Gasteiger partial charge < -0.3 is 4.52 Å². The number of piperazine rings is 1. The first-order valence-corrected chi connectivity index (χ1v) is 9.94. The van der Waals surface area contributed by atoms with Crippen molar-refractivity contribution in [1.29, 1.82) is 0 Å². The van der Waals surface area contributed by atoms with Crippen LogP contribution in [0.15, 0.2) is 27.6 Å². The van der Waals surface area contributed by atoms with Crippen LogP contribution in [0.25, 0.3) is 0 Å². The van der Waals surface area contributed by atoms with Crippen molar-refractivity contribution in [3.05, 3.63) is 46.3 Å². The molecule has 1 aromatic heterocycles. The normalized spacial score (nSPS) is 17.1. The summed E-state index contributed by atoms with van der Waals surface area (Å²) >= 11 is 0. The van der Waals surface area contributed by atoms with Gasteiger partial charge >= 0.3 is 0 Å². The maximum atomic E-state index is 13.1. The van der Waals surface area contributed by atoms with E-state index in [0.29, 0.717) is 37.6 Å². The Labute approximate surface area is 149 Å². The Balaban J connectivity index is 1.71. The molecule has 0 bridgehead atoms. The van der Waals surface area contributed by atoms with Crippen LogP contribution in [0, 0.1) is 27.7 Å². The number of nitrogens with zero attached hydrogens (tertiary/aromatic N) is 3. The molecule has 1 aliphatic rings. The van der Waals surface area contributed by atoms with Gasteiger partial charge in [-0.15, -0.1) is 0 Å². The van der Waals surface area contributed by atoms with Crippen LogP contribution in [0.2, 0.25) is 0 Å². The van der Waals surface area contributed by atoms with Crippen LogP contribution in [0.5, 0.6) is 0 Å². The fourth-order valence-electron chi connectivity index (χ4n) is 3.54. The standard InChI is InChI=1S/C18H25N3O3S/c1-13-9-14(2)18(15(3)10-13)25(22,23)21-7-5-20(6-8-21)12-17-11-16(4)19-24-17/h9-11H,5-8,12H2,1-4H3. The zero-order valence-electron chi connectivity index (χ0n) is 15.2. The second-order valence-corrected chi connectivity index (χ2v) is 8.72. The predicted molar refractivity (Wildman–Crippen MR) is 95.9 cm³/mol. The fraction of sp³-hybridized carbons (Fsp3) is 0.500. The van der Waals surface area contributed by atoms with Crippen molar-refractivity contribution in [2.24, 2.45) is 0 Å². The Morgan fingerprint density at radius 3 is 2.12 bits per heavy atom. The third kappa shape index (κ3) is 3.78. The summed E-state index contributed by atoms with van der Waals surface area (Å²) in [4.78, 5) is 2.65. The average molecular weight is 363 g/mol. The first kappa shape index (κ1) is 18.1. The highest BCUT2D eigenvalue weighted by Gasteiger charge is 2.31. The van der Waals surface area contributed by atoms with Crippen molar-refractivity contribution in [1.82, 2.24) is 14.4 Å². The molecule has 7 heteroatoms. The molecule has 1 aromatic carbocycles. The van der Waals surface area contributed by atoms with E-state index in [1.165, 1.54) is 0 Å². The van der Waals surface area contributed by atoms with E-state index in [1.54, 1.807) is 4.31 Å². The zero-order chi connectivity index (χ0) is 18.2. The van der Waals surface area contributed by atoms with E-state index in [-0.39, 0.29) is 0 Å². The Hall–Kier alpha value is -1.70. The van der Waals surface area contributed by atoms with Crippen molar-refractivity contribution < 1.29 is 12.9 Å². The first-order chi connectivity index (χ1) is 11.8. The molecular weight excluding hydrogens is 338 g/mol. The molecule has 0 radical (unpaired) electrons. The molecule has 0 atom stereocenters. The van der Waals surface area contributed by atoms with E-state index in [9.17, 15) is 8.42 Å². The molecule has 1 saturated heterocycles. The Morgan fingerprint density at radius 1 is 1.00 bits per heavy atom. The van der Waals surface area contributed by atoms with Gasteiger partial charge in [0.2, 0.25) is 10.0 Å². The minimum absolute atomic E-state index is 0.456. The summed E-state index contributed by atoms with van der Waals surface area (Å²) in [5.41, 5.74) is 3.58. The van der Waals surface area contributed by atoms with Crippen molar-refractivity contribution in [3.63, 3.8) is 0 Å². The van der Waals surface area contributed by atoms with Gasteiger partial charge in [-0.3, -0.25) is 4.90 Å². The molecule has 136 valence electrons. The molecule has 0 N–H and O–H groups in total. The van der Waals surface area contributed by atoms with Gasteiger partial charge in [-0.25, -0.2) is 8.42 Å².